The van der Waals surface area contributed by atoms with E-state index in [1.165, 1.54) is 0 Å². The van der Waals surface area contributed by atoms with E-state index >= 15 is 0 Å². The van der Waals surface area contributed by atoms with Crippen LogP contribution >= 0.6 is 15.4 Å². The molecule has 0 aliphatic rings. The average Bonchev–Trinajstić information content (AvgIpc) is 2.39. The number of hydrogen-bond donors (Lipinski definition) is 1. The van der Waals surface area contributed by atoms with Crippen LogP contribution in [0.4, 0.5) is 0 Å². The van der Waals surface area contributed by atoms with Crippen LogP contribution in [0.25, 0.3) is 0 Å². The fraction of sp³-hybridized carbons (Fsp3) is 0.818. The second kappa shape index (κ2) is 9.85. The van der Waals surface area contributed by atoms with E-state index in [1.54, 1.807) is 26.8 Å². The van der Waals surface area contributed by atoms with Gasteiger partial charge in [-0.25, -0.2) is 13.8 Å². The van der Waals surface area contributed by atoms with Crippen molar-refractivity contribution in [2.45, 2.75) is 47.0 Å². The Balaban J connectivity index is 5.07. The van der Waals surface area contributed by atoms with Gasteiger partial charge in [0.1, 0.15) is 0 Å². The summed E-state index contributed by atoms with van der Waals surface area (Å²) in [6, 6.07) is 0. The van der Waals surface area contributed by atoms with Crippen LogP contribution in [0.1, 0.15) is 47.0 Å². The summed E-state index contributed by atoms with van der Waals surface area (Å²) in [4.78, 5) is 14.5. The summed E-state index contributed by atoms with van der Waals surface area (Å²) in [6.07, 6.45) is 2.96. The highest BCUT2D eigenvalue weighted by Crippen LogP contribution is 2.67. The molecule has 0 bridgehead atoms. The minimum absolute atomic E-state index is 0.0588. The van der Waals surface area contributed by atoms with Crippen molar-refractivity contribution in [3.8, 4) is 0 Å². The summed E-state index contributed by atoms with van der Waals surface area (Å²) in [5.41, 5.74) is 0. The summed E-state index contributed by atoms with van der Waals surface area (Å²) in [5, 5.41) is 0.167. The minimum Gasteiger partial charge on any atom is -0.321 e. The van der Waals surface area contributed by atoms with Gasteiger partial charge in [-0.1, -0.05) is 26.8 Å². The van der Waals surface area contributed by atoms with E-state index in [0.29, 0.717) is 19.3 Å². The Bertz CT molecular complexity index is 382. The summed E-state index contributed by atoms with van der Waals surface area (Å²) in [7, 11) is -8.49. The highest BCUT2D eigenvalue weighted by atomic mass is 31.3. The lowest BCUT2D eigenvalue weighted by atomic mass is 10.3. The molecule has 0 radical (unpaired) electrons. The SMILES string of the molecule is CCC=C(CC)P(=O)(O)OP(=O)(OCCC)OOCC. The van der Waals surface area contributed by atoms with Crippen LogP contribution in [0.15, 0.2) is 11.4 Å². The number of phosphoric acid groups is 1. The maximum Gasteiger partial charge on any atom is 0.509 e. The van der Waals surface area contributed by atoms with Gasteiger partial charge >= 0.3 is 15.4 Å². The second-order valence-corrected chi connectivity index (χ2v) is 7.39. The molecule has 0 aromatic carbocycles. The normalized spacial score (nSPS) is 18.6. The molecule has 0 fully saturated rings. The van der Waals surface area contributed by atoms with Crippen LogP contribution < -0.4 is 0 Å². The predicted octanol–water partition coefficient (Wildman–Crippen LogP) is 4.40. The second-order valence-electron chi connectivity index (χ2n) is 3.82. The van der Waals surface area contributed by atoms with Crippen molar-refractivity contribution in [3.63, 3.8) is 0 Å². The van der Waals surface area contributed by atoms with Crippen molar-refractivity contribution >= 4 is 15.4 Å². The molecule has 0 saturated heterocycles. The van der Waals surface area contributed by atoms with E-state index in [9.17, 15) is 14.0 Å². The molecule has 9 heteroatoms. The Hall–Kier alpha value is -0.0000000000000000694. The molecule has 1 N–H and O–H groups in total. The van der Waals surface area contributed by atoms with Crippen molar-refractivity contribution in [2.75, 3.05) is 13.2 Å². The first-order chi connectivity index (χ1) is 9.35. The van der Waals surface area contributed by atoms with Crippen molar-refractivity contribution in [1.29, 1.82) is 0 Å². The topological polar surface area (TPSA) is 91.3 Å². The van der Waals surface area contributed by atoms with Crippen LogP contribution in [0, 0.1) is 0 Å². The molecule has 7 nitrogen and oxygen atoms in total. The summed E-state index contributed by atoms with van der Waals surface area (Å²) in [6.45, 7) is 7.08. The first-order valence-corrected chi connectivity index (χ1v) is 9.68. The quantitative estimate of drug-likeness (QED) is 0.341. The Morgan fingerprint density at radius 1 is 1.20 bits per heavy atom. The third-order valence-corrected chi connectivity index (χ3v) is 5.79. The fourth-order valence-electron chi connectivity index (χ4n) is 1.26. The molecule has 0 aromatic rings. The van der Waals surface area contributed by atoms with Crippen molar-refractivity contribution in [2.24, 2.45) is 0 Å². The van der Waals surface area contributed by atoms with Crippen molar-refractivity contribution in [3.05, 3.63) is 11.4 Å². The van der Waals surface area contributed by atoms with E-state index < -0.39 is 15.4 Å². The molecule has 0 spiro atoms. The summed E-state index contributed by atoms with van der Waals surface area (Å²) >= 11 is 0. The van der Waals surface area contributed by atoms with E-state index in [0.717, 1.165) is 0 Å². The van der Waals surface area contributed by atoms with Gasteiger partial charge in [-0.15, -0.1) is 4.67 Å². The van der Waals surface area contributed by atoms with E-state index in [4.69, 9.17) is 8.83 Å². The van der Waals surface area contributed by atoms with Gasteiger partial charge in [-0.05, 0) is 26.2 Å². The molecule has 20 heavy (non-hydrogen) atoms. The van der Waals surface area contributed by atoms with Crippen LogP contribution in [0.3, 0.4) is 0 Å². The standard InChI is InChI=1S/C11H24O7P2/c1-5-9-11(7-3)19(12,13)18-20(14,16-10-6-2)17-15-8-4/h9H,5-8,10H2,1-4H3,(H,12,13). The van der Waals surface area contributed by atoms with Gasteiger partial charge in [-0.3, -0.25) is 9.09 Å². The van der Waals surface area contributed by atoms with Gasteiger partial charge in [0, 0.05) is 5.31 Å². The highest BCUT2D eigenvalue weighted by molar-refractivity contribution is 7.67. The van der Waals surface area contributed by atoms with Crippen LogP contribution in [0.2, 0.25) is 0 Å². The lowest BCUT2D eigenvalue weighted by Gasteiger charge is -2.20. The molecule has 0 heterocycles. The smallest absolute Gasteiger partial charge is 0.321 e. The number of hydrogen-bond acceptors (Lipinski definition) is 6. The van der Waals surface area contributed by atoms with Crippen molar-refractivity contribution < 1.29 is 32.4 Å². The number of rotatable bonds is 11. The molecular formula is C11H24O7P2. The van der Waals surface area contributed by atoms with Gasteiger partial charge in [0.05, 0.1) is 13.2 Å². The Morgan fingerprint density at radius 2 is 1.85 bits per heavy atom. The molecule has 0 aliphatic carbocycles. The van der Waals surface area contributed by atoms with E-state index in [1.807, 2.05) is 6.92 Å². The van der Waals surface area contributed by atoms with Crippen LogP contribution in [-0.4, -0.2) is 18.1 Å². The lowest BCUT2D eigenvalue weighted by molar-refractivity contribution is -0.219. The molecule has 0 aliphatic heterocycles. The molecule has 0 aromatic heterocycles. The maximum atomic E-state index is 12.2. The summed E-state index contributed by atoms with van der Waals surface area (Å²) in [5.74, 6) is 0. The third-order valence-electron chi connectivity index (χ3n) is 2.09. The summed E-state index contributed by atoms with van der Waals surface area (Å²) < 4.78 is 38.6. The molecule has 0 saturated carbocycles. The average molecular weight is 330 g/mol. The minimum atomic E-state index is -4.25. The van der Waals surface area contributed by atoms with Gasteiger partial charge in [0.2, 0.25) is 0 Å². The zero-order valence-electron chi connectivity index (χ0n) is 12.4. The lowest BCUT2D eigenvalue weighted by Crippen LogP contribution is -2.02. The van der Waals surface area contributed by atoms with Gasteiger partial charge in [-0.2, -0.15) is 0 Å². The fourth-order valence-corrected chi connectivity index (χ4v) is 4.56. The Morgan fingerprint density at radius 3 is 2.30 bits per heavy atom. The van der Waals surface area contributed by atoms with Crippen LogP contribution in [-0.2, 0) is 27.5 Å². The Kier molecular flexibility index (Phi) is 9.85. The largest absolute Gasteiger partial charge is 0.509 e. The zero-order chi connectivity index (χ0) is 15.6. The molecule has 2 atom stereocenters. The monoisotopic (exact) mass is 330 g/mol. The Labute approximate surface area is 120 Å². The maximum absolute atomic E-state index is 12.2. The predicted molar refractivity (Wildman–Crippen MR) is 76.1 cm³/mol. The van der Waals surface area contributed by atoms with E-state index in [2.05, 4.69) is 9.56 Å². The van der Waals surface area contributed by atoms with Gasteiger partial charge in [0.15, 0.2) is 0 Å². The van der Waals surface area contributed by atoms with E-state index in [-0.39, 0.29) is 18.5 Å². The molecular weight excluding hydrogens is 306 g/mol. The van der Waals surface area contributed by atoms with Crippen LogP contribution in [0.5, 0.6) is 0 Å². The molecule has 120 valence electrons. The molecule has 0 amide bonds. The highest BCUT2D eigenvalue weighted by Gasteiger charge is 2.39. The van der Waals surface area contributed by atoms with Gasteiger partial charge < -0.3 is 4.89 Å². The zero-order valence-corrected chi connectivity index (χ0v) is 14.2. The third kappa shape index (κ3) is 7.14. The first kappa shape index (κ1) is 20.0. The van der Waals surface area contributed by atoms with Crippen molar-refractivity contribution in [1.82, 2.24) is 0 Å². The first-order valence-electron chi connectivity index (χ1n) is 6.64. The van der Waals surface area contributed by atoms with Gasteiger partial charge in [0.25, 0.3) is 0 Å². The molecule has 0 rings (SSSR count). The molecule has 2 unspecified atom stereocenters. The number of allylic oxidation sites excluding steroid dienone is 2.